The Kier molecular flexibility index (Phi) is 6.01. The number of nitrogens with zero attached hydrogens (tertiary/aromatic N) is 4. The Bertz CT molecular complexity index is 967. The van der Waals surface area contributed by atoms with Crippen LogP contribution in [0.5, 0.6) is 0 Å². The van der Waals surface area contributed by atoms with Crippen molar-refractivity contribution in [3.8, 4) is 0 Å². The van der Waals surface area contributed by atoms with E-state index in [1.807, 2.05) is 18.5 Å². The Morgan fingerprint density at radius 2 is 1.93 bits per heavy atom. The van der Waals surface area contributed by atoms with Crippen LogP contribution in [-0.4, -0.2) is 31.6 Å². The Balaban J connectivity index is 1.64. The molecule has 0 unspecified atom stereocenters. The van der Waals surface area contributed by atoms with Gasteiger partial charge in [0.25, 0.3) is 0 Å². The highest BCUT2D eigenvalue weighted by molar-refractivity contribution is 9.10. The Hall–Kier alpha value is -2.19. The number of hydrogen-bond acceptors (Lipinski definition) is 6. The van der Waals surface area contributed by atoms with Crippen LogP contribution in [0.1, 0.15) is 51.1 Å². The van der Waals surface area contributed by atoms with Crippen LogP contribution < -0.4 is 16.4 Å². The Morgan fingerprint density at radius 3 is 2.66 bits per heavy atom. The van der Waals surface area contributed by atoms with Crippen molar-refractivity contribution in [2.45, 2.75) is 64.2 Å². The van der Waals surface area contributed by atoms with Crippen LogP contribution in [0.4, 0.5) is 11.8 Å². The third-order valence-electron chi connectivity index (χ3n) is 5.48. The molecule has 1 fully saturated rings. The van der Waals surface area contributed by atoms with Crippen molar-refractivity contribution in [2.24, 2.45) is 5.73 Å². The van der Waals surface area contributed by atoms with Gasteiger partial charge in [-0.2, -0.15) is 9.97 Å². The quantitative estimate of drug-likeness (QED) is 0.505. The van der Waals surface area contributed by atoms with Gasteiger partial charge in [0.1, 0.15) is 0 Å². The predicted molar refractivity (Wildman–Crippen MR) is 121 cm³/mol. The van der Waals surface area contributed by atoms with Gasteiger partial charge in [0, 0.05) is 29.1 Å². The van der Waals surface area contributed by atoms with Crippen molar-refractivity contribution in [2.75, 3.05) is 10.6 Å². The summed E-state index contributed by atoms with van der Waals surface area (Å²) in [6, 6.07) is 8.85. The van der Waals surface area contributed by atoms with Crippen molar-refractivity contribution in [1.29, 1.82) is 0 Å². The molecule has 4 N–H and O–H groups in total. The molecule has 0 radical (unpaired) electrons. The van der Waals surface area contributed by atoms with Crippen molar-refractivity contribution < 1.29 is 0 Å². The summed E-state index contributed by atoms with van der Waals surface area (Å²) in [5, 5.41) is 6.94. The fraction of sp³-hybridized carbons (Fsp3) is 0.476. The van der Waals surface area contributed by atoms with Gasteiger partial charge in [-0.05, 0) is 44.4 Å². The zero-order valence-electron chi connectivity index (χ0n) is 16.9. The molecule has 7 nitrogen and oxygen atoms in total. The molecule has 2 heterocycles. The van der Waals surface area contributed by atoms with E-state index >= 15 is 0 Å². The van der Waals surface area contributed by atoms with E-state index in [1.54, 1.807) is 0 Å². The zero-order chi connectivity index (χ0) is 20.4. The normalized spacial score (nSPS) is 19.6. The molecule has 0 amide bonds. The third kappa shape index (κ3) is 4.53. The van der Waals surface area contributed by atoms with E-state index in [0.29, 0.717) is 12.5 Å². The lowest BCUT2D eigenvalue weighted by atomic mass is 9.91. The molecule has 29 heavy (non-hydrogen) atoms. The first kappa shape index (κ1) is 20.1. The molecule has 0 saturated heterocycles. The molecule has 154 valence electrons. The van der Waals surface area contributed by atoms with Gasteiger partial charge in [-0.15, -0.1) is 0 Å². The van der Waals surface area contributed by atoms with Gasteiger partial charge in [0.05, 0.1) is 6.33 Å². The van der Waals surface area contributed by atoms with E-state index < -0.39 is 0 Å². The molecule has 1 aliphatic carbocycles. The fourth-order valence-corrected chi connectivity index (χ4v) is 4.04. The molecule has 2 aromatic heterocycles. The lowest BCUT2D eigenvalue weighted by Gasteiger charge is -2.29. The minimum absolute atomic E-state index is 0.136. The number of aromatic nitrogens is 4. The molecule has 3 aromatic rings. The highest BCUT2D eigenvalue weighted by Gasteiger charge is 2.23. The second-order valence-corrected chi connectivity index (χ2v) is 8.91. The summed E-state index contributed by atoms with van der Waals surface area (Å²) in [7, 11) is 0. The molecular weight excluding hydrogens is 430 g/mol. The number of benzene rings is 1. The maximum Gasteiger partial charge on any atom is 0.227 e. The van der Waals surface area contributed by atoms with Gasteiger partial charge >= 0.3 is 0 Å². The number of rotatable bonds is 6. The molecule has 8 heteroatoms. The van der Waals surface area contributed by atoms with E-state index in [2.05, 4.69) is 62.1 Å². The van der Waals surface area contributed by atoms with Crippen LogP contribution in [0.3, 0.4) is 0 Å². The summed E-state index contributed by atoms with van der Waals surface area (Å²) in [5.41, 5.74) is 9.12. The monoisotopic (exact) mass is 457 g/mol. The average Bonchev–Trinajstić information content (AvgIpc) is 3.13. The van der Waals surface area contributed by atoms with Gasteiger partial charge in [0.15, 0.2) is 17.0 Å². The molecular formula is C21H28BrN7. The van der Waals surface area contributed by atoms with Crippen molar-refractivity contribution in [3.05, 3.63) is 40.6 Å². The van der Waals surface area contributed by atoms with Crippen molar-refractivity contribution in [1.82, 2.24) is 19.5 Å². The lowest BCUT2D eigenvalue weighted by Crippen LogP contribution is -2.43. The zero-order valence-corrected chi connectivity index (χ0v) is 18.5. The molecule has 0 spiro atoms. The first-order valence-electron chi connectivity index (χ1n) is 10.3. The third-order valence-corrected chi connectivity index (χ3v) is 6.01. The second-order valence-electron chi connectivity index (χ2n) is 7.99. The van der Waals surface area contributed by atoms with Crippen LogP contribution >= 0.6 is 15.9 Å². The fourth-order valence-electron chi connectivity index (χ4n) is 3.77. The van der Waals surface area contributed by atoms with Gasteiger partial charge in [0.2, 0.25) is 5.95 Å². The van der Waals surface area contributed by atoms with Crippen LogP contribution in [0.25, 0.3) is 11.2 Å². The van der Waals surface area contributed by atoms with Crippen LogP contribution in [0.15, 0.2) is 35.1 Å². The minimum Gasteiger partial charge on any atom is -0.364 e. The van der Waals surface area contributed by atoms with Gasteiger partial charge in [-0.1, -0.05) is 40.9 Å². The van der Waals surface area contributed by atoms with Gasteiger partial charge in [-0.25, -0.2) is 4.98 Å². The summed E-state index contributed by atoms with van der Waals surface area (Å²) in [4.78, 5) is 14.1. The number of nitrogens with two attached hydrogens (primary N) is 1. The van der Waals surface area contributed by atoms with Crippen LogP contribution in [0, 0.1) is 0 Å². The molecule has 1 aromatic carbocycles. The van der Waals surface area contributed by atoms with Crippen molar-refractivity contribution in [3.63, 3.8) is 0 Å². The van der Waals surface area contributed by atoms with Crippen molar-refractivity contribution >= 4 is 38.9 Å². The maximum atomic E-state index is 6.33. The Morgan fingerprint density at radius 1 is 1.17 bits per heavy atom. The van der Waals surface area contributed by atoms with Crippen LogP contribution in [-0.2, 0) is 6.54 Å². The molecule has 0 bridgehead atoms. The van der Waals surface area contributed by atoms with Crippen LogP contribution in [0.2, 0.25) is 0 Å². The highest BCUT2D eigenvalue weighted by Crippen LogP contribution is 2.26. The smallest absolute Gasteiger partial charge is 0.227 e. The number of halogens is 1. The number of fused-ring (bicyclic) bond motifs is 1. The first-order valence-corrected chi connectivity index (χ1v) is 11.1. The van der Waals surface area contributed by atoms with Gasteiger partial charge < -0.3 is 20.9 Å². The standard InChI is InChI=1S/C21H28BrN7/c1-13(2)29-12-25-18-19(24-11-14-7-9-15(22)10-8-14)27-21(28-20(18)29)26-17-6-4-3-5-16(17)23/h7-10,12-13,16-17H,3-6,11,23H2,1-2H3,(H2,24,26,27,28)/t16-,17-/m1/s1. The topological polar surface area (TPSA) is 93.7 Å². The van der Waals surface area contributed by atoms with E-state index in [0.717, 1.165) is 34.3 Å². The molecule has 1 aliphatic rings. The largest absolute Gasteiger partial charge is 0.364 e. The second kappa shape index (κ2) is 8.67. The Labute approximate surface area is 179 Å². The highest BCUT2D eigenvalue weighted by atomic mass is 79.9. The summed E-state index contributed by atoms with van der Waals surface area (Å²) < 4.78 is 3.14. The summed E-state index contributed by atoms with van der Waals surface area (Å²) in [6.45, 7) is 4.92. The lowest BCUT2D eigenvalue weighted by molar-refractivity contribution is 0.402. The first-order chi connectivity index (χ1) is 14.0. The number of anilines is 2. The SMILES string of the molecule is CC(C)n1cnc2c(NCc3ccc(Br)cc3)nc(N[C@@H]3CCCC[C@H]3N)nc21. The maximum absolute atomic E-state index is 6.33. The van der Waals surface area contributed by atoms with Gasteiger partial charge in [-0.3, -0.25) is 0 Å². The van der Waals surface area contributed by atoms with E-state index in [-0.39, 0.29) is 18.1 Å². The minimum atomic E-state index is 0.136. The van der Waals surface area contributed by atoms with E-state index in [4.69, 9.17) is 15.7 Å². The number of nitrogens with one attached hydrogen (secondary N) is 2. The summed E-state index contributed by atoms with van der Waals surface area (Å²) in [6.07, 6.45) is 6.31. The van der Waals surface area contributed by atoms with E-state index in [1.165, 1.54) is 18.4 Å². The molecule has 2 atom stereocenters. The number of hydrogen-bond donors (Lipinski definition) is 3. The summed E-state index contributed by atoms with van der Waals surface area (Å²) in [5.74, 6) is 1.35. The summed E-state index contributed by atoms with van der Waals surface area (Å²) >= 11 is 3.48. The number of imidazole rings is 1. The van der Waals surface area contributed by atoms with E-state index in [9.17, 15) is 0 Å². The molecule has 1 saturated carbocycles. The average molecular weight is 458 g/mol. The molecule has 4 rings (SSSR count). The predicted octanol–water partition coefficient (Wildman–Crippen LogP) is 4.46. The molecule has 0 aliphatic heterocycles.